The van der Waals surface area contributed by atoms with E-state index in [0.717, 1.165) is 16.8 Å². The molecule has 3 rings (SSSR count). The molecule has 0 aromatic heterocycles. The first kappa shape index (κ1) is 21.2. The molecule has 3 nitrogen and oxygen atoms in total. The SMILES string of the molecule is CCOc1cc(C=Nc2cccc(Cl)c2C)cc(Cl)c1OCc1cccc(F)c1. The molecule has 0 unspecified atom stereocenters. The van der Waals surface area contributed by atoms with E-state index in [4.69, 9.17) is 32.7 Å². The van der Waals surface area contributed by atoms with E-state index >= 15 is 0 Å². The fraction of sp³-hybridized carbons (Fsp3) is 0.174. The molecule has 0 saturated heterocycles. The summed E-state index contributed by atoms with van der Waals surface area (Å²) in [4.78, 5) is 4.51. The summed E-state index contributed by atoms with van der Waals surface area (Å²) >= 11 is 12.6. The van der Waals surface area contributed by atoms with Crippen molar-refractivity contribution in [3.63, 3.8) is 0 Å². The van der Waals surface area contributed by atoms with Crippen molar-refractivity contribution >= 4 is 35.1 Å². The van der Waals surface area contributed by atoms with Gasteiger partial charge in [-0.3, -0.25) is 4.99 Å². The Balaban J connectivity index is 1.85. The minimum Gasteiger partial charge on any atom is -0.490 e. The monoisotopic (exact) mass is 431 g/mol. The zero-order valence-corrected chi connectivity index (χ0v) is 17.6. The van der Waals surface area contributed by atoms with Crippen molar-refractivity contribution in [1.82, 2.24) is 0 Å². The third kappa shape index (κ3) is 5.49. The number of hydrogen-bond donors (Lipinski definition) is 0. The van der Waals surface area contributed by atoms with Gasteiger partial charge in [0.2, 0.25) is 0 Å². The maximum absolute atomic E-state index is 13.4. The predicted molar refractivity (Wildman–Crippen MR) is 117 cm³/mol. The van der Waals surface area contributed by atoms with E-state index in [2.05, 4.69) is 4.99 Å². The molecule has 0 N–H and O–H groups in total. The van der Waals surface area contributed by atoms with Gasteiger partial charge in [-0.1, -0.05) is 41.4 Å². The highest BCUT2D eigenvalue weighted by molar-refractivity contribution is 6.32. The molecule has 6 heteroatoms. The summed E-state index contributed by atoms with van der Waals surface area (Å²) in [6.07, 6.45) is 1.70. The smallest absolute Gasteiger partial charge is 0.180 e. The van der Waals surface area contributed by atoms with Gasteiger partial charge in [0.15, 0.2) is 11.5 Å². The second-order valence-electron chi connectivity index (χ2n) is 6.32. The number of benzene rings is 3. The van der Waals surface area contributed by atoms with Crippen molar-refractivity contribution in [2.45, 2.75) is 20.5 Å². The molecule has 150 valence electrons. The molecular weight excluding hydrogens is 412 g/mol. The first-order valence-corrected chi connectivity index (χ1v) is 9.86. The molecule has 0 aliphatic heterocycles. The van der Waals surface area contributed by atoms with Crippen LogP contribution in [0.2, 0.25) is 10.0 Å². The third-order valence-electron chi connectivity index (χ3n) is 4.20. The zero-order chi connectivity index (χ0) is 20.8. The van der Waals surface area contributed by atoms with Crippen LogP contribution < -0.4 is 9.47 Å². The van der Waals surface area contributed by atoms with Crippen molar-refractivity contribution in [3.05, 3.63) is 87.2 Å². The van der Waals surface area contributed by atoms with Crippen LogP contribution in [0.1, 0.15) is 23.6 Å². The number of hydrogen-bond acceptors (Lipinski definition) is 3. The van der Waals surface area contributed by atoms with Crippen LogP contribution in [-0.2, 0) is 6.61 Å². The van der Waals surface area contributed by atoms with E-state index in [9.17, 15) is 4.39 Å². The van der Waals surface area contributed by atoms with Crippen LogP contribution in [0.3, 0.4) is 0 Å². The van der Waals surface area contributed by atoms with Crippen LogP contribution in [0.15, 0.2) is 59.6 Å². The predicted octanol–water partition coefficient (Wildman–Crippen LogP) is 7.17. The standard InChI is InChI=1S/C23H20Cl2FNO2/c1-3-28-22-12-17(13-27-21-9-5-8-19(24)15(21)2)11-20(25)23(22)29-14-16-6-4-7-18(26)10-16/h4-13H,3,14H2,1-2H3. The van der Waals surface area contributed by atoms with E-state index < -0.39 is 0 Å². The number of halogens is 3. The fourth-order valence-electron chi connectivity index (χ4n) is 2.73. The second kappa shape index (κ2) is 9.77. The van der Waals surface area contributed by atoms with Crippen LogP contribution >= 0.6 is 23.2 Å². The molecular formula is C23H20Cl2FNO2. The van der Waals surface area contributed by atoms with E-state index in [1.165, 1.54) is 12.1 Å². The van der Waals surface area contributed by atoms with Crippen LogP contribution in [0.5, 0.6) is 11.5 Å². The molecule has 0 heterocycles. The Kier molecular flexibility index (Phi) is 7.13. The Hall–Kier alpha value is -2.56. The van der Waals surface area contributed by atoms with Crippen LogP contribution in [0, 0.1) is 12.7 Å². The topological polar surface area (TPSA) is 30.8 Å². The Morgan fingerprint density at radius 3 is 2.55 bits per heavy atom. The molecule has 3 aromatic carbocycles. The lowest BCUT2D eigenvalue weighted by Crippen LogP contribution is -2.01. The van der Waals surface area contributed by atoms with Gasteiger partial charge in [0.25, 0.3) is 0 Å². The lowest BCUT2D eigenvalue weighted by Gasteiger charge is -2.14. The normalized spacial score (nSPS) is 11.1. The average molecular weight is 432 g/mol. The van der Waals surface area contributed by atoms with Crippen molar-refractivity contribution in [3.8, 4) is 11.5 Å². The van der Waals surface area contributed by atoms with Crippen molar-refractivity contribution < 1.29 is 13.9 Å². The number of rotatable bonds is 7. The number of ether oxygens (including phenoxy) is 2. The molecule has 0 aliphatic rings. The number of nitrogens with zero attached hydrogens (tertiary/aromatic N) is 1. The van der Waals surface area contributed by atoms with Gasteiger partial charge in [0, 0.05) is 11.2 Å². The maximum atomic E-state index is 13.4. The first-order chi connectivity index (χ1) is 14.0. The molecule has 0 aliphatic carbocycles. The van der Waals surface area contributed by atoms with Crippen molar-refractivity contribution in [2.24, 2.45) is 4.99 Å². The molecule has 0 spiro atoms. The highest BCUT2D eigenvalue weighted by Gasteiger charge is 2.13. The lowest BCUT2D eigenvalue weighted by atomic mass is 10.2. The largest absolute Gasteiger partial charge is 0.490 e. The Morgan fingerprint density at radius 1 is 1.00 bits per heavy atom. The quantitative estimate of drug-likeness (QED) is 0.371. The first-order valence-electron chi connectivity index (χ1n) is 9.10. The molecule has 0 bridgehead atoms. The summed E-state index contributed by atoms with van der Waals surface area (Å²) in [6, 6.07) is 15.3. The Bertz CT molecular complexity index is 1040. The van der Waals surface area contributed by atoms with Gasteiger partial charge in [-0.05, 0) is 66.9 Å². The van der Waals surface area contributed by atoms with Gasteiger partial charge >= 0.3 is 0 Å². The van der Waals surface area contributed by atoms with E-state index in [1.807, 2.05) is 32.0 Å². The Labute approximate surface area is 179 Å². The minimum absolute atomic E-state index is 0.173. The lowest BCUT2D eigenvalue weighted by molar-refractivity contribution is 0.269. The molecule has 0 saturated carbocycles. The highest BCUT2D eigenvalue weighted by Crippen LogP contribution is 2.37. The van der Waals surface area contributed by atoms with Gasteiger partial charge in [-0.15, -0.1) is 0 Å². The summed E-state index contributed by atoms with van der Waals surface area (Å²) in [6.45, 7) is 4.41. The highest BCUT2D eigenvalue weighted by atomic mass is 35.5. The Morgan fingerprint density at radius 2 is 1.79 bits per heavy atom. The summed E-state index contributed by atoms with van der Waals surface area (Å²) in [7, 11) is 0. The summed E-state index contributed by atoms with van der Waals surface area (Å²) < 4.78 is 24.9. The van der Waals surface area contributed by atoms with Crippen molar-refractivity contribution in [2.75, 3.05) is 6.61 Å². The zero-order valence-electron chi connectivity index (χ0n) is 16.1. The molecule has 29 heavy (non-hydrogen) atoms. The van der Waals surface area contributed by atoms with Crippen LogP contribution in [0.4, 0.5) is 10.1 Å². The van der Waals surface area contributed by atoms with E-state index in [1.54, 1.807) is 30.5 Å². The second-order valence-corrected chi connectivity index (χ2v) is 7.14. The van der Waals surface area contributed by atoms with Crippen LogP contribution in [-0.4, -0.2) is 12.8 Å². The van der Waals surface area contributed by atoms with E-state index in [0.29, 0.717) is 33.7 Å². The average Bonchev–Trinajstić information content (AvgIpc) is 2.69. The van der Waals surface area contributed by atoms with Gasteiger partial charge < -0.3 is 9.47 Å². The van der Waals surface area contributed by atoms with Gasteiger partial charge in [-0.25, -0.2) is 4.39 Å². The fourth-order valence-corrected chi connectivity index (χ4v) is 3.17. The van der Waals surface area contributed by atoms with Crippen molar-refractivity contribution in [1.29, 1.82) is 0 Å². The molecule has 0 radical (unpaired) electrons. The molecule has 0 amide bonds. The minimum atomic E-state index is -0.315. The van der Waals surface area contributed by atoms with Crippen LogP contribution in [0.25, 0.3) is 0 Å². The summed E-state index contributed by atoms with van der Waals surface area (Å²) in [5, 5.41) is 1.05. The maximum Gasteiger partial charge on any atom is 0.180 e. The van der Waals surface area contributed by atoms with Gasteiger partial charge in [0.05, 0.1) is 17.3 Å². The third-order valence-corrected chi connectivity index (χ3v) is 4.89. The van der Waals surface area contributed by atoms with E-state index in [-0.39, 0.29) is 12.4 Å². The number of aliphatic imine (C=N–C) groups is 1. The molecule has 3 aromatic rings. The molecule has 0 atom stereocenters. The summed E-state index contributed by atoms with van der Waals surface area (Å²) in [5.74, 6) is 0.597. The van der Waals surface area contributed by atoms with Gasteiger partial charge in [-0.2, -0.15) is 0 Å². The summed E-state index contributed by atoms with van der Waals surface area (Å²) in [5.41, 5.74) is 3.14. The van der Waals surface area contributed by atoms with Gasteiger partial charge in [0.1, 0.15) is 12.4 Å². The molecule has 0 fully saturated rings.